The number of carbonyl (C=O) groups excluding carboxylic acids is 1. The van der Waals surface area contributed by atoms with Crippen LogP contribution in [0.25, 0.3) is 27.8 Å². The number of aryl methyl sites for hydroxylation is 1. The fraction of sp³-hybridized carbons (Fsp3) is 0.105. The van der Waals surface area contributed by atoms with E-state index in [1.807, 2.05) is 53.1 Å². The molecule has 0 atom stereocenters. The van der Waals surface area contributed by atoms with E-state index in [1.54, 1.807) is 0 Å². The number of furan rings is 1. The molecule has 0 aliphatic carbocycles. The van der Waals surface area contributed by atoms with Crippen molar-refractivity contribution in [3.63, 3.8) is 0 Å². The largest absolute Gasteiger partial charge is 0.456 e. The first-order valence-corrected chi connectivity index (χ1v) is 7.38. The molecule has 0 radical (unpaired) electrons. The van der Waals surface area contributed by atoms with Crippen molar-refractivity contribution in [2.24, 2.45) is 0 Å². The molecule has 0 unspecified atom stereocenters. The van der Waals surface area contributed by atoms with Crippen LogP contribution in [0.1, 0.15) is 23.0 Å². The number of fused-ring (bicyclic) bond motifs is 2. The molecule has 3 heterocycles. The number of hydrogen-bond donors (Lipinski definition) is 0. The van der Waals surface area contributed by atoms with Gasteiger partial charge in [-0.2, -0.15) is 0 Å². The SMILES string of the molecule is CCc1ccc2cc(-c3cc4ccccc4o3)c(C=O)n2c1. The predicted octanol–water partition coefficient (Wildman–Crippen LogP) is 4.73. The Morgan fingerprint density at radius 3 is 2.77 bits per heavy atom. The average Bonchev–Trinajstić information content (AvgIpc) is 3.14. The minimum Gasteiger partial charge on any atom is -0.456 e. The number of para-hydroxylation sites is 1. The van der Waals surface area contributed by atoms with Gasteiger partial charge in [-0.1, -0.05) is 31.2 Å². The predicted molar refractivity (Wildman–Crippen MR) is 87.4 cm³/mol. The Balaban J connectivity index is 1.99. The molecule has 0 aliphatic heterocycles. The van der Waals surface area contributed by atoms with Gasteiger partial charge in [-0.05, 0) is 36.2 Å². The number of rotatable bonds is 3. The third-order valence-electron chi connectivity index (χ3n) is 4.08. The summed E-state index contributed by atoms with van der Waals surface area (Å²) < 4.78 is 7.85. The molecule has 0 spiro atoms. The quantitative estimate of drug-likeness (QED) is 0.511. The minimum absolute atomic E-state index is 0.629. The second kappa shape index (κ2) is 4.88. The summed E-state index contributed by atoms with van der Waals surface area (Å²) in [6.45, 7) is 2.10. The van der Waals surface area contributed by atoms with Gasteiger partial charge >= 0.3 is 0 Å². The fourth-order valence-electron chi connectivity index (χ4n) is 2.88. The Morgan fingerprint density at radius 1 is 1.14 bits per heavy atom. The van der Waals surface area contributed by atoms with Gasteiger partial charge in [-0.15, -0.1) is 0 Å². The zero-order valence-corrected chi connectivity index (χ0v) is 12.2. The molecule has 0 saturated heterocycles. The van der Waals surface area contributed by atoms with E-state index in [1.165, 1.54) is 5.56 Å². The second-order valence-electron chi connectivity index (χ2n) is 5.40. The van der Waals surface area contributed by atoms with Crippen molar-refractivity contribution in [3.8, 4) is 11.3 Å². The lowest BCUT2D eigenvalue weighted by molar-refractivity contribution is 0.111. The van der Waals surface area contributed by atoms with Gasteiger partial charge in [0.05, 0.1) is 5.69 Å². The number of nitrogens with zero attached hydrogens (tertiary/aromatic N) is 1. The molecule has 0 saturated carbocycles. The van der Waals surface area contributed by atoms with Gasteiger partial charge in [-0.25, -0.2) is 0 Å². The van der Waals surface area contributed by atoms with Crippen molar-refractivity contribution in [2.75, 3.05) is 0 Å². The van der Waals surface area contributed by atoms with Crippen molar-refractivity contribution in [1.29, 1.82) is 0 Å². The zero-order valence-electron chi connectivity index (χ0n) is 12.2. The maximum Gasteiger partial charge on any atom is 0.167 e. The summed E-state index contributed by atoms with van der Waals surface area (Å²) in [4.78, 5) is 11.6. The zero-order chi connectivity index (χ0) is 15.1. The van der Waals surface area contributed by atoms with Gasteiger partial charge in [0.2, 0.25) is 0 Å². The highest BCUT2D eigenvalue weighted by molar-refractivity contribution is 5.91. The van der Waals surface area contributed by atoms with Crippen LogP contribution >= 0.6 is 0 Å². The monoisotopic (exact) mass is 289 g/mol. The highest BCUT2D eigenvalue weighted by atomic mass is 16.3. The Labute approximate surface area is 127 Å². The van der Waals surface area contributed by atoms with Crippen molar-refractivity contribution >= 4 is 22.8 Å². The lowest BCUT2D eigenvalue weighted by Crippen LogP contribution is -1.94. The molecule has 3 heteroatoms. The minimum atomic E-state index is 0.629. The number of benzene rings is 1. The summed E-state index contributed by atoms with van der Waals surface area (Å²) in [6, 6.07) is 16.0. The maximum absolute atomic E-state index is 11.6. The summed E-state index contributed by atoms with van der Waals surface area (Å²) in [7, 11) is 0. The van der Waals surface area contributed by atoms with E-state index in [0.717, 1.165) is 40.5 Å². The molecule has 0 N–H and O–H groups in total. The van der Waals surface area contributed by atoms with Crippen molar-refractivity contribution in [2.45, 2.75) is 13.3 Å². The van der Waals surface area contributed by atoms with E-state index >= 15 is 0 Å². The highest BCUT2D eigenvalue weighted by Crippen LogP contribution is 2.32. The number of aromatic nitrogens is 1. The molecule has 3 aromatic heterocycles. The van der Waals surface area contributed by atoms with Crippen molar-refractivity contribution < 1.29 is 9.21 Å². The molecule has 22 heavy (non-hydrogen) atoms. The molecule has 3 nitrogen and oxygen atoms in total. The van der Waals surface area contributed by atoms with Crippen LogP contribution in [0.15, 0.2) is 59.1 Å². The number of carbonyl (C=O) groups is 1. The molecular formula is C19H15NO2. The Bertz CT molecular complexity index is 958. The fourth-order valence-corrected chi connectivity index (χ4v) is 2.88. The molecule has 0 fully saturated rings. The van der Waals surface area contributed by atoms with Crippen LogP contribution in [-0.2, 0) is 6.42 Å². The summed E-state index contributed by atoms with van der Waals surface area (Å²) in [5.74, 6) is 0.727. The molecule has 4 rings (SSSR count). The summed E-state index contributed by atoms with van der Waals surface area (Å²) >= 11 is 0. The van der Waals surface area contributed by atoms with E-state index in [4.69, 9.17) is 4.42 Å². The molecule has 4 aromatic rings. The van der Waals surface area contributed by atoms with Gasteiger partial charge < -0.3 is 8.82 Å². The average molecular weight is 289 g/mol. The Kier molecular flexibility index (Phi) is 2.86. The van der Waals surface area contributed by atoms with Gasteiger partial charge in [-0.3, -0.25) is 4.79 Å². The van der Waals surface area contributed by atoms with Gasteiger partial charge in [0.15, 0.2) is 6.29 Å². The van der Waals surface area contributed by atoms with Crippen LogP contribution in [0.3, 0.4) is 0 Å². The second-order valence-corrected chi connectivity index (χ2v) is 5.40. The molecular weight excluding hydrogens is 274 g/mol. The lowest BCUT2D eigenvalue weighted by atomic mass is 10.2. The third-order valence-corrected chi connectivity index (χ3v) is 4.08. The van der Waals surface area contributed by atoms with Crippen molar-refractivity contribution in [1.82, 2.24) is 4.40 Å². The van der Waals surface area contributed by atoms with Gasteiger partial charge in [0, 0.05) is 22.7 Å². The number of pyridine rings is 1. The summed E-state index contributed by atoms with van der Waals surface area (Å²) in [5, 5.41) is 1.04. The van der Waals surface area contributed by atoms with Gasteiger partial charge in [0.25, 0.3) is 0 Å². The van der Waals surface area contributed by atoms with E-state index in [-0.39, 0.29) is 0 Å². The topological polar surface area (TPSA) is 34.6 Å². The van der Waals surface area contributed by atoms with Crippen LogP contribution in [0.2, 0.25) is 0 Å². The highest BCUT2D eigenvalue weighted by Gasteiger charge is 2.15. The molecule has 108 valence electrons. The molecule has 0 aliphatic rings. The van der Waals surface area contributed by atoms with Crippen LogP contribution < -0.4 is 0 Å². The smallest absolute Gasteiger partial charge is 0.167 e. The molecule has 0 amide bonds. The third kappa shape index (κ3) is 1.86. The van der Waals surface area contributed by atoms with E-state index in [0.29, 0.717) is 5.69 Å². The molecule has 0 bridgehead atoms. The van der Waals surface area contributed by atoms with Crippen LogP contribution in [0, 0.1) is 0 Å². The van der Waals surface area contributed by atoms with E-state index < -0.39 is 0 Å². The van der Waals surface area contributed by atoms with Crippen LogP contribution in [-0.4, -0.2) is 10.7 Å². The lowest BCUT2D eigenvalue weighted by Gasteiger charge is -2.01. The van der Waals surface area contributed by atoms with Gasteiger partial charge in [0.1, 0.15) is 11.3 Å². The summed E-state index contributed by atoms with van der Waals surface area (Å²) in [6.07, 6.45) is 3.85. The number of hydrogen-bond acceptors (Lipinski definition) is 2. The molecule has 1 aromatic carbocycles. The Morgan fingerprint density at radius 2 is 2.00 bits per heavy atom. The Hall–Kier alpha value is -2.81. The van der Waals surface area contributed by atoms with Crippen LogP contribution in [0.4, 0.5) is 0 Å². The standard InChI is InChI=1S/C19H15NO2/c1-2-13-7-8-15-10-16(17(12-21)20(15)11-13)19-9-14-5-3-4-6-18(14)22-19/h3-12H,2H2,1H3. The summed E-state index contributed by atoms with van der Waals surface area (Å²) in [5.41, 5.74) is 4.49. The van der Waals surface area contributed by atoms with E-state index in [2.05, 4.69) is 13.0 Å². The first-order chi connectivity index (χ1) is 10.8. The van der Waals surface area contributed by atoms with E-state index in [9.17, 15) is 4.79 Å². The normalized spacial score (nSPS) is 11.3. The first-order valence-electron chi connectivity index (χ1n) is 7.38. The first kappa shape index (κ1) is 12.9. The van der Waals surface area contributed by atoms with Crippen molar-refractivity contribution in [3.05, 3.63) is 66.0 Å². The maximum atomic E-state index is 11.6. The van der Waals surface area contributed by atoms with Crippen LogP contribution in [0.5, 0.6) is 0 Å². The number of aldehydes is 1.